The molecule has 1 aromatic heterocycles. The summed E-state index contributed by atoms with van der Waals surface area (Å²) in [5, 5.41) is 13.9. The molecule has 0 saturated heterocycles. The number of aryl methyl sites for hydroxylation is 2. The van der Waals surface area contributed by atoms with Crippen LogP contribution in [0.2, 0.25) is 5.02 Å². The van der Waals surface area contributed by atoms with Crippen molar-refractivity contribution < 1.29 is 24.2 Å². The number of hydrazone groups is 1. The first-order chi connectivity index (χ1) is 16.7. The minimum Gasteiger partial charge on any atom is -0.493 e. The molecule has 9 nitrogen and oxygen atoms in total. The maximum absolute atomic E-state index is 12.1. The van der Waals surface area contributed by atoms with Gasteiger partial charge in [-0.1, -0.05) is 35.5 Å². The summed E-state index contributed by atoms with van der Waals surface area (Å²) in [6, 6.07) is 11.5. The molecule has 0 unspecified atom stereocenters. The number of carbonyl (C=O) groups excluding carboxylic acids is 1. The Balaban J connectivity index is 1.60. The van der Waals surface area contributed by atoms with Crippen molar-refractivity contribution in [1.29, 1.82) is 0 Å². The molecule has 2 aromatic carbocycles. The number of carboxylic acids is 1. The molecule has 182 valence electrons. The van der Waals surface area contributed by atoms with Crippen molar-refractivity contribution in [1.82, 2.24) is 15.4 Å². The number of nitrogens with one attached hydrogen (secondary N) is 1. The average molecular weight is 515 g/mol. The number of methoxy groups -OCH3 is 1. The van der Waals surface area contributed by atoms with E-state index < -0.39 is 5.97 Å². The number of ether oxygens (including phenoxy) is 2. The van der Waals surface area contributed by atoms with Gasteiger partial charge in [-0.05, 0) is 55.3 Å². The highest BCUT2D eigenvalue weighted by molar-refractivity contribution is 7.99. The fraction of sp³-hybridized carbons (Fsp3) is 0.208. The fourth-order valence-electron chi connectivity index (χ4n) is 3.00. The lowest BCUT2D eigenvalue weighted by Gasteiger charge is -2.13. The lowest BCUT2D eigenvalue weighted by Crippen LogP contribution is -2.19. The van der Waals surface area contributed by atoms with Gasteiger partial charge in [-0.2, -0.15) is 5.10 Å². The topological polar surface area (TPSA) is 123 Å². The van der Waals surface area contributed by atoms with Crippen molar-refractivity contribution in [2.45, 2.75) is 25.6 Å². The third-order valence-corrected chi connectivity index (χ3v) is 5.63. The van der Waals surface area contributed by atoms with Crippen molar-refractivity contribution in [2.24, 2.45) is 5.10 Å². The minimum absolute atomic E-state index is 0.0997. The van der Waals surface area contributed by atoms with E-state index in [0.717, 1.165) is 11.4 Å². The Morgan fingerprint density at radius 2 is 1.91 bits per heavy atom. The predicted octanol–water partition coefficient (Wildman–Crippen LogP) is 4.28. The number of hydrogen-bond acceptors (Lipinski definition) is 8. The van der Waals surface area contributed by atoms with Crippen LogP contribution in [-0.4, -0.2) is 46.0 Å². The zero-order valence-electron chi connectivity index (χ0n) is 19.2. The van der Waals surface area contributed by atoms with E-state index in [0.29, 0.717) is 27.8 Å². The molecule has 0 saturated carbocycles. The van der Waals surface area contributed by atoms with Gasteiger partial charge >= 0.3 is 5.97 Å². The molecule has 1 heterocycles. The predicted molar refractivity (Wildman–Crippen MR) is 134 cm³/mol. The van der Waals surface area contributed by atoms with E-state index in [9.17, 15) is 9.59 Å². The van der Waals surface area contributed by atoms with Gasteiger partial charge in [0.1, 0.15) is 6.61 Å². The highest BCUT2D eigenvalue weighted by Gasteiger charge is 2.13. The number of halogens is 1. The van der Waals surface area contributed by atoms with E-state index in [4.69, 9.17) is 26.2 Å². The minimum atomic E-state index is -1.02. The Labute approximate surface area is 211 Å². The SMILES string of the molecule is COc1cc(/C=N\NC(=O)CSc2nc(C)cc(C)n2)cc(Cl)c1OCc1cccc(C(=O)O)c1. The van der Waals surface area contributed by atoms with Gasteiger partial charge in [-0.25, -0.2) is 20.2 Å². The van der Waals surface area contributed by atoms with Crippen molar-refractivity contribution in [3.8, 4) is 11.5 Å². The largest absolute Gasteiger partial charge is 0.493 e. The fourth-order valence-corrected chi connectivity index (χ4v) is 4.02. The van der Waals surface area contributed by atoms with Crippen LogP contribution < -0.4 is 14.9 Å². The van der Waals surface area contributed by atoms with Gasteiger partial charge < -0.3 is 14.6 Å². The van der Waals surface area contributed by atoms with Gasteiger partial charge in [0.2, 0.25) is 0 Å². The van der Waals surface area contributed by atoms with E-state index in [2.05, 4.69) is 20.5 Å². The van der Waals surface area contributed by atoms with Crippen molar-refractivity contribution in [2.75, 3.05) is 12.9 Å². The molecule has 1 amide bonds. The second kappa shape index (κ2) is 12.2. The van der Waals surface area contributed by atoms with E-state index in [-0.39, 0.29) is 28.9 Å². The highest BCUT2D eigenvalue weighted by atomic mass is 35.5. The zero-order chi connectivity index (χ0) is 25.4. The van der Waals surface area contributed by atoms with E-state index in [1.54, 1.807) is 24.3 Å². The number of benzene rings is 2. The number of nitrogens with zero attached hydrogens (tertiary/aromatic N) is 3. The first-order valence-electron chi connectivity index (χ1n) is 10.3. The molecule has 0 atom stereocenters. The number of thioether (sulfide) groups is 1. The number of aromatic carboxylic acids is 1. The van der Waals surface area contributed by atoms with Crippen LogP contribution in [0.15, 0.2) is 52.7 Å². The summed E-state index contributed by atoms with van der Waals surface area (Å²) in [4.78, 5) is 31.8. The van der Waals surface area contributed by atoms with E-state index in [1.807, 2.05) is 19.9 Å². The zero-order valence-corrected chi connectivity index (χ0v) is 20.8. The van der Waals surface area contributed by atoms with Crippen molar-refractivity contribution in [3.05, 3.63) is 75.6 Å². The van der Waals surface area contributed by atoms with Gasteiger partial charge in [-0.3, -0.25) is 4.79 Å². The number of amides is 1. The lowest BCUT2D eigenvalue weighted by atomic mass is 10.1. The number of rotatable bonds is 10. The Morgan fingerprint density at radius 1 is 1.17 bits per heavy atom. The summed E-state index contributed by atoms with van der Waals surface area (Å²) in [6.07, 6.45) is 1.43. The summed E-state index contributed by atoms with van der Waals surface area (Å²) in [7, 11) is 1.47. The van der Waals surface area contributed by atoms with Crippen LogP contribution in [0.1, 0.15) is 32.9 Å². The van der Waals surface area contributed by atoms with Crippen LogP contribution in [-0.2, 0) is 11.4 Å². The average Bonchev–Trinajstić information content (AvgIpc) is 2.81. The molecule has 2 N–H and O–H groups in total. The monoisotopic (exact) mass is 514 g/mol. The third-order valence-electron chi connectivity index (χ3n) is 4.51. The van der Waals surface area contributed by atoms with E-state index >= 15 is 0 Å². The lowest BCUT2D eigenvalue weighted by molar-refractivity contribution is -0.118. The molecule has 0 radical (unpaired) electrons. The van der Waals surface area contributed by atoms with Gasteiger partial charge in [0.25, 0.3) is 5.91 Å². The van der Waals surface area contributed by atoms with Gasteiger partial charge in [-0.15, -0.1) is 0 Å². The van der Waals surface area contributed by atoms with Gasteiger partial charge in [0.15, 0.2) is 16.7 Å². The van der Waals surface area contributed by atoms with Crippen molar-refractivity contribution in [3.63, 3.8) is 0 Å². The summed E-state index contributed by atoms with van der Waals surface area (Å²) in [6.45, 7) is 3.84. The molecular weight excluding hydrogens is 492 g/mol. The normalized spacial score (nSPS) is 10.9. The molecule has 0 bridgehead atoms. The second-order valence-corrected chi connectivity index (χ2v) is 8.69. The van der Waals surface area contributed by atoms with Crippen LogP contribution in [0.25, 0.3) is 0 Å². The molecule has 0 spiro atoms. The van der Waals surface area contributed by atoms with Crippen LogP contribution in [0.4, 0.5) is 0 Å². The number of carboxylic acid groups (broad SMARTS) is 1. The first-order valence-corrected chi connectivity index (χ1v) is 11.7. The molecular formula is C24H23ClN4O5S. The molecule has 0 aliphatic heterocycles. The molecule has 35 heavy (non-hydrogen) atoms. The highest BCUT2D eigenvalue weighted by Crippen LogP contribution is 2.36. The van der Waals surface area contributed by atoms with E-state index in [1.165, 1.54) is 37.2 Å². The summed E-state index contributed by atoms with van der Waals surface area (Å²) in [5.74, 6) is -0.547. The second-order valence-electron chi connectivity index (χ2n) is 7.34. The third kappa shape index (κ3) is 7.69. The van der Waals surface area contributed by atoms with Gasteiger partial charge in [0.05, 0.1) is 29.7 Å². The Kier molecular flexibility index (Phi) is 9.04. The summed E-state index contributed by atoms with van der Waals surface area (Å²) < 4.78 is 11.2. The molecule has 3 aromatic rings. The Bertz CT molecular complexity index is 1250. The van der Waals surface area contributed by atoms with Gasteiger partial charge in [0, 0.05) is 11.4 Å². The van der Waals surface area contributed by atoms with Crippen LogP contribution in [0, 0.1) is 13.8 Å². The molecule has 0 aliphatic rings. The number of hydrogen-bond donors (Lipinski definition) is 2. The number of carbonyl (C=O) groups is 2. The maximum Gasteiger partial charge on any atom is 0.335 e. The summed E-state index contributed by atoms with van der Waals surface area (Å²) in [5.41, 5.74) is 5.54. The van der Waals surface area contributed by atoms with Crippen LogP contribution in [0.5, 0.6) is 11.5 Å². The molecule has 0 aliphatic carbocycles. The van der Waals surface area contributed by atoms with Crippen molar-refractivity contribution >= 4 is 41.5 Å². The maximum atomic E-state index is 12.1. The molecule has 11 heteroatoms. The quantitative estimate of drug-likeness (QED) is 0.178. The van der Waals surface area contributed by atoms with Crippen LogP contribution >= 0.6 is 23.4 Å². The number of aromatic nitrogens is 2. The standard InChI is InChI=1S/C24H23ClN4O5S/c1-14-7-15(2)28-24(27-14)35-13-21(30)29-26-11-17-9-19(25)22(20(10-17)33-3)34-12-16-5-4-6-18(8-16)23(31)32/h4-11H,12-13H2,1-3H3,(H,29,30)(H,31,32)/b26-11-. The summed E-state index contributed by atoms with van der Waals surface area (Å²) >= 11 is 7.60. The van der Waals surface area contributed by atoms with Crippen LogP contribution in [0.3, 0.4) is 0 Å². The molecule has 0 fully saturated rings. The first kappa shape index (κ1) is 26.0. The Hall–Kier alpha value is -3.63. The Morgan fingerprint density at radius 3 is 2.60 bits per heavy atom. The smallest absolute Gasteiger partial charge is 0.335 e. The molecule has 3 rings (SSSR count).